The van der Waals surface area contributed by atoms with Gasteiger partial charge in [-0.15, -0.1) is 0 Å². The van der Waals surface area contributed by atoms with Crippen LogP contribution in [0.4, 0.5) is 5.82 Å². The number of aromatic nitrogens is 2. The molecule has 6 nitrogen and oxygen atoms in total. The van der Waals surface area contributed by atoms with Gasteiger partial charge < -0.3 is 21.0 Å². The fraction of sp³-hybridized carbons (Fsp3) is 0.643. The Bertz CT molecular complexity index is 543. The Labute approximate surface area is 117 Å². The molecule has 0 bridgehead atoms. The van der Waals surface area contributed by atoms with Gasteiger partial charge in [-0.25, -0.2) is 4.98 Å². The molecule has 0 spiro atoms. The van der Waals surface area contributed by atoms with Crippen molar-refractivity contribution in [3.63, 3.8) is 0 Å². The van der Waals surface area contributed by atoms with E-state index in [2.05, 4.69) is 20.6 Å². The van der Waals surface area contributed by atoms with Crippen LogP contribution in [0.2, 0.25) is 0 Å². The van der Waals surface area contributed by atoms with E-state index in [1.807, 2.05) is 0 Å². The zero-order valence-electron chi connectivity index (χ0n) is 11.5. The van der Waals surface area contributed by atoms with Gasteiger partial charge in [0.2, 0.25) is 0 Å². The standard InChI is InChI=1S/C14H21N5O/c15-6-11-13(17-10-4-2-1-3-5-10)18-12(19-14(11)20)9-7-16-8-9/h6,9-10,15-16H,1-5,7-8H2,(H2,17,18,19,20). The highest BCUT2D eigenvalue weighted by Gasteiger charge is 2.24. The quantitative estimate of drug-likeness (QED) is 0.621. The molecular formula is C14H21N5O. The third-order valence-corrected chi connectivity index (χ3v) is 4.23. The molecule has 2 aliphatic rings. The van der Waals surface area contributed by atoms with Gasteiger partial charge in [-0.3, -0.25) is 4.79 Å². The lowest BCUT2D eigenvalue weighted by Crippen LogP contribution is -2.42. The van der Waals surface area contributed by atoms with Gasteiger partial charge in [0.05, 0.1) is 5.56 Å². The smallest absolute Gasteiger partial charge is 0.261 e. The van der Waals surface area contributed by atoms with Crippen molar-refractivity contribution in [3.05, 3.63) is 21.7 Å². The fourth-order valence-electron chi connectivity index (χ4n) is 2.86. The molecular weight excluding hydrogens is 254 g/mol. The van der Waals surface area contributed by atoms with E-state index in [4.69, 9.17) is 5.41 Å². The zero-order chi connectivity index (χ0) is 13.9. The molecule has 3 rings (SSSR count). The number of hydrogen-bond donors (Lipinski definition) is 4. The predicted octanol–water partition coefficient (Wildman–Crippen LogP) is 1.20. The second-order valence-electron chi connectivity index (χ2n) is 5.69. The Morgan fingerprint density at radius 3 is 2.60 bits per heavy atom. The van der Waals surface area contributed by atoms with Crippen molar-refractivity contribution in [1.82, 2.24) is 15.3 Å². The SMILES string of the molecule is N=Cc1c(NC2CCCCC2)nc(C2CNC2)[nH]c1=O. The molecule has 108 valence electrons. The highest BCUT2D eigenvalue weighted by Crippen LogP contribution is 2.22. The first-order valence-corrected chi connectivity index (χ1v) is 7.40. The van der Waals surface area contributed by atoms with E-state index in [1.54, 1.807) is 0 Å². The highest BCUT2D eigenvalue weighted by molar-refractivity contribution is 5.83. The van der Waals surface area contributed by atoms with E-state index in [0.29, 0.717) is 17.4 Å². The van der Waals surface area contributed by atoms with E-state index in [9.17, 15) is 4.79 Å². The summed E-state index contributed by atoms with van der Waals surface area (Å²) < 4.78 is 0. The first-order chi connectivity index (χ1) is 9.78. The average molecular weight is 275 g/mol. The normalized spacial score (nSPS) is 20.4. The molecule has 6 heteroatoms. The molecule has 1 aromatic rings. The van der Waals surface area contributed by atoms with Crippen molar-refractivity contribution >= 4 is 12.0 Å². The van der Waals surface area contributed by atoms with Crippen LogP contribution in [0.3, 0.4) is 0 Å². The summed E-state index contributed by atoms with van der Waals surface area (Å²) >= 11 is 0. The first-order valence-electron chi connectivity index (χ1n) is 7.40. The van der Waals surface area contributed by atoms with Gasteiger partial charge in [-0.2, -0.15) is 0 Å². The van der Waals surface area contributed by atoms with E-state index < -0.39 is 0 Å². The molecule has 4 N–H and O–H groups in total. The zero-order valence-corrected chi connectivity index (χ0v) is 11.5. The summed E-state index contributed by atoms with van der Waals surface area (Å²) in [6, 6.07) is 0.379. The summed E-state index contributed by atoms with van der Waals surface area (Å²) in [5.41, 5.74) is 0.127. The summed E-state index contributed by atoms with van der Waals surface area (Å²) in [5.74, 6) is 1.60. The third-order valence-electron chi connectivity index (χ3n) is 4.23. The van der Waals surface area contributed by atoms with Crippen LogP contribution in [0.5, 0.6) is 0 Å². The lowest BCUT2D eigenvalue weighted by molar-refractivity contribution is 0.428. The van der Waals surface area contributed by atoms with E-state index in [1.165, 1.54) is 19.3 Å². The number of anilines is 1. The van der Waals surface area contributed by atoms with Crippen molar-refractivity contribution in [2.45, 2.75) is 44.1 Å². The topological polar surface area (TPSA) is 93.7 Å². The average Bonchev–Trinajstić information content (AvgIpc) is 2.38. The Balaban J connectivity index is 1.87. The summed E-state index contributed by atoms with van der Waals surface area (Å²) in [6.45, 7) is 1.71. The van der Waals surface area contributed by atoms with Crippen molar-refractivity contribution < 1.29 is 0 Å². The van der Waals surface area contributed by atoms with Gasteiger partial charge in [-0.1, -0.05) is 19.3 Å². The number of hydrogen-bond acceptors (Lipinski definition) is 5. The largest absolute Gasteiger partial charge is 0.367 e. The van der Waals surface area contributed by atoms with Crippen LogP contribution in [-0.2, 0) is 0 Å². The fourth-order valence-corrected chi connectivity index (χ4v) is 2.86. The molecule has 1 saturated heterocycles. The van der Waals surface area contributed by atoms with E-state index in [-0.39, 0.29) is 11.5 Å². The molecule has 2 heterocycles. The minimum atomic E-state index is -0.213. The van der Waals surface area contributed by atoms with Crippen molar-refractivity contribution in [2.24, 2.45) is 0 Å². The summed E-state index contributed by atoms with van der Waals surface area (Å²) in [7, 11) is 0. The minimum Gasteiger partial charge on any atom is -0.367 e. The molecule has 1 aromatic heterocycles. The second-order valence-corrected chi connectivity index (χ2v) is 5.69. The molecule has 20 heavy (non-hydrogen) atoms. The maximum Gasteiger partial charge on any atom is 0.261 e. The second kappa shape index (κ2) is 5.75. The third kappa shape index (κ3) is 2.60. The molecule has 0 aromatic carbocycles. The molecule has 2 fully saturated rings. The lowest BCUT2D eigenvalue weighted by atomic mass is 9.95. The van der Waals surface area contributed by atoms with Crippen LogP contribution in [-0.4, -0.2) is 35.3 Å². The Morgan fingerprint density at radius 1 is 1.25 bits per heavy atom. The Hall–Kier alpha value is -1.69. The Morgan fingerprint density at radius 2 is 2.00 bits per heavy atom. The van der Waals surface area contributed by atoms with Gasteiger partial charge in [-0.05, 0) is 12.8 Å². The van der Waals surface area contributed by atoms with Gasteiger partial charge in [0, 0.05) is 31.3 Å². The molecule has 0 atom stereocenters. The molecule has 1 saturated carbocycles. The van der Waals surface area contributed by atoms with Crippen LogP contribution in [0.25, 0.3) is 0 Å². The minimum absolute atomic E-state index is 0.213. The maximum absolute atomic E-state index is 12.1. The van der Waals surface area contributed by atoms with Crippen LogP contribution < -0.4 is 16.2 Å². The number of aromatic amines is 1. The lowest BCUT2D eigenvalue weighted by Gasteiger charge is -2.28. The van der Waals surface area contributed by atoms with Crippen LogP contribution in [0.15, 0.2) is 4.79 Å². The molecule has 0 unspecified atom stereocenters. The highest BCUT2D eigenvalue weighted by atomic mass is 16.1. The van der Waals surface area contributed by atoms with E-state index in [0.717, 1.165) is 38.0 Å². The predicted molar refractivity (Wildman–Crippen MR) is 78.8 cm³/mol. The number of rotatable bonds is 4. The van der Waals surface area contributed by atoms with Crippen molar-refractivity contribution in [3.8, 4) is 0 Å². The van der Waals surface area contributed by atoms with Crippen molar-refractivity contribution in [2.75, 3.05) is 18.4 Å². The molecule has 1 aliphatic heterocycles. The van der Waals surface area contributed by atoms with Gasteiger partial charge >= 0.3 is 0 Å². The Kier molecular flexibility index (Phi) is 3.82. The number of nitrogens with zero attached hydrogens (tertiary/aromatic N) is 1. The summed E-state index contributed by atoms with van der Waals surface area (Å²) in [5, 5.41) is 14.0. The van der Waals surface area contributed by atoms with Crippen LogP contribution in [0.1, 0.15) is 49.4 Å². The molecule has 0 amide bonds. The van der Waals surface area contributed by atoms with Gasteiger partial charge in [0.1, 0.15) is 11.6 Å². The molecule has 0 radical (unpaired) electrons. The van der Waals surface area contributed by atoms with Crippen molar-refractivity contribution in [1.29, 1.82) is 5.41 Å². The number of H-pyrrole nitrogens is 1. The summed E-state index contributed by atoms with van der Waals surface area (Å²) in [6.07, 6.45) is 7.07. The first kappa shape index (κ1) is 13.3. The number of nitrogens with one attached hydrogen (secondary N) is 4. The van der Waals surface area contributed by atoms with E-state index >= 15 is 0 Å². The van der Waals surface area contributed by atoms with Gasteiger partial charge in [0.15, 0.2) is 0 Å². The monoisotopic (exact) mass is 275 g/mol. The maximum atomic E-state index is 12.1. The van der Waals surface area contributed by atoms with Gasteiger partial charge in [0.25, 0.3) is 5.56 Å². The molecule has 1 aliphatic carbocycles. The van der Waals surface area contributed by atoms with Crippen LogP contribution in [0, 0.1) is 5.41 Å². The summed E-state index contributed by atoms with van der Waals surface area (Å²) in [4.78, 5) is 19.4. The van der Waals surface area contributed by atoms with Crippen LogP contribution >= 0.6 is 0 Å².